The third-order valence-electron chi connectivity index (χ3n) is 8.79. The number of carbonyl (C=O) groups is 2. The summed E-state index contributed by atoms with van der Waals surface area (Å²) in [5.41, 5.74) is -0.165. The molecule has 2 atom stereocenters. The van der Waals surface area contributed by atoms with Crippen LogP contribution in [0.25, 0.3) is 0 Å². The lowest BCUT2D eigenvalue weighted by molar-refractivity contribution is -0.956. The van der Waals surface area contributed by atoms with E-state index in [4.69, 9.17) is 9.47 Å². The SMILES string of the molecule is CCCOC(=O)OC(C(=O)CC1CC2CCC(C1)[N+]21CCCC1)(c1ccccc1)c1ccccc1.[Cl-]. The first kappa shape index (κ1) is 26.7. The van der Waals surface area contributed by atoms with Gasteiger partial charge in [-0.2, -0.15) is 0 Å². The third-order valence-corrected chi connectivity index (χ3v) is 8.79. The third kappa shape index (κ3) is 4.80. The molecule has 0 radical (unpaired) electrons. The van der Waals surface area contributed by atoms with Crippen LogP contribution in [0.5, 0.6) is 0 Å². The number of hydrogen-bond acceptors (Lipinski definition) is 4. The lowest BCUT2D eigenvalue weighted by atomic mass is 9.76. The summed E-state index contributed by atoms with van der Waals surface area (Å²) < 4.78 is 12.7. The zero-order valence-corrected chi connectivity index (χ0v) is 22.0. The molecule has 0 aliphatic carbocycles. The molecular formula is C30H38ClNO4. The van der Waals surface area contributed by atoms with Gasteiger partial charge in [-0.1, -0.05) is 67.6 Å². The Morgan fingerprint density at radius 2 is 1.42 bits per heavy atom. The average Bonchev–Trinajstić information content (AvgIpc) is 3.43. The quantitative estimate of drug-likeness (QED) is 0.404. The topological polar surface area (TPSA) is 52.6 Å². The van der Waals surface area contributed by atoms with Crippen LogP contribution in [0.4, 0.5) is 4.79 Å². The van der Waals surface area contributed by atoms with E-state index in [9.17, 15) is 9.59 Å². The van der Waals surface area contributed by atoms with Crippen molar-refractivity contribution in [2.75, 3.05) is 19.7 Å². The summed E-state index contributed by atoms with van der Waals surface area (Å²) in [5.74, 6) is 0.272. The molecule has 3 aliphatic rings. The molecular weight excluding hydrogens is 474 g/mol. The molecule has 0 N–H and O–H groups in total. The van der Waals surface area contributed by atoms with E-state index >= 15 is 0 Å². The van der Waals surface area contributed by atoms with Gasteiger partial charge in [0.25, 0.3) is 0 Å². The highest BCUT2D eigenvalue weighted by Gasteiger charge is 2.56. The molecule has 0 amide bonds. The molecule has 2 bridgehead atoms. The Bertz CT molecular complexity index is 966. The normalized spacial score (nSPS) is 24.2. The van der Waals surface area contributed by atoms with Crippen molar-refractivity contribution in [2.24, 2.45) is 5.92 Å². The minimum absolute atomic E-state index is 0. The molecule has 3 aliphatic heterocycles. The van der Waals surface area contributed by atoms with Crippen LogP contribution in [-0.2, 0) is 19.9 Å². The van der Waals surface area contributed by atoms with Crippen LogP contribution < -0.4 is 12.4 Å². The second-order valence-corrected chi connectivity index (χ2v) is 10.7. The van der Waals surface area contributed by atoms with E-state index in [0.29, 0.717) is 42.0 Å². The summed E-state index contributed by atoms with van der Waals surface area (Å²) in [5, 5.41) is 0. The predicted octanol–water partition coefficient (Wildman–Crippen LogP) is 3.01. The maximum absolute atomic E-state index is 14.4. The molecule has 1 spiro atoms. The number of hydrogen-bond donors (Lipinski definition) is 0. The van der Waals surface area contributed by atoms with Gasteiger partial charge in [-0.15, -0.1) is 0 Å². The molecule has 0 saturated carbocycles. The molecule has 2 aromatic rings. The first-order valence-corrected chi connectivity index (χ1v) is 13.4. The fourth-order valence-electron chi connectivity index (χ4n) is 7.29. The Morgan fingerprint density at radius 1 is 0.889 bits per heavy atom. The molecule has 3 heterocycles. The van der Waals surface area contributed by atoms with Crippen molar-refractivity contribution in [1.29, 1.82) is 0 Å². The summed E-state index contributed by atoms with van der Waals surface area (Å²) in [7, 11) is 0. The Balaban J connectivity index is 0.00000304. The minimum Gasteiger partial charge on any atom is -1.00 e. The number of benzene rings is 2. The van der Waals surface area contributed by atoms with Crippen molar-refractivity contribution in [2.45, 2.75) is 76.0 Å². The maximum Gasteiger partial charge on any atom is 0.509 e. The van der Waals surface area contributed by atoms with Crippen LogP contribution in [0.1, 0.15) is 69.4 Å². The summed E-state index contributed by atoms with van der Waals surface area (Å²) in [6, 6.07) is 20.3. The molecule has 5 rings (SSSR count). The van der Waals surface area contributed by atoms with E-state index in [1.807, 2.05) is 67.6 Å². The number of Topliss-reactive ketones (excluding diaryl/α,β-unsaturated/α-hetero) is 1. The van der Waals surface area contributed by atoms with Gasteiger partial charge in [-0.25, -0.2) is 4.79 Å². The highest BCUT2D eigenvalue weighted by Crippen LogP contribution is 2.49. The van der Waals surface area contributed by atoms with Gasteiger partial charge in [0.05, 0.1) is 31.8 Å². The van der Waals surface area contributed by atoms with E-state index in [0.717, 1.165) is 12.8 Å². The Morgan fingerprint density at radius 3 is 1.92 bits per heavy atom. The van der Waals surface area contributed by atoms with Crippen molar-refractivity contribution in [3.8, 4) is 0 Å². The average molecular weight is 512 g/mol. The number of carbonyl (C=O) groups excluding carboxylic acids is 2. The van der Waals surface area contributed by atoms with Gasteiger partial charge < -0.3 is 26.4 Å². The smallest absolute Gasteiger partial charge is 0.509 e. The number of piperidine rings is 1. The fraction of sp³-hybridized carbons (Fsp3) is 0.533. The second kappa shape index (κ2) is 11.4. The summed E-state index contributed by atoms with van der Waals surface area (Å²) in [6.07, 6.45) is 7.78. The van der Waals surface area contributed by atoms with Gasteiger partial charge in [0.2, 0.25) is 5.60 Å². The number of rotatable bonds is 8. The van der Waals surface area contributed by atoms with Crippen LogP contribution in [0.2, 0.25) is 0 Å². The van der Waals surface area contributed by atoms with Crippen molar-refractivity contribution in [3.63, 3.8) is 0 Å². The molecule has 3 saturated heterocycles. The Kier molecular flexibility index (Phi) is 8.41. The lowest BCUT2D eigenvalue weighted by Gasteiger charge is -2.47. The van der Waals surface area contributed by atoms with Crippen molar-refractivity contribution >= 4 is 11.9 Å². The van der Waals surface area contributed by atoms with Crippen LogP contribution >= 0.6 is 0 Å². The van der Waals surface area contributed by atoms with E-state index < -0.39 is 11.8 Å². The Hall–Kier alpha value is -2.37. The van der Waals surface area contributed by atoms with Crippen LogP contribution in [-0.4, -0.2) is 48.2 Å². The number of nitrogens with zero attached hydrogens (tertiary/aromatic N) is 1. The molecule has 0 aromatic heterocycles. The zero-order valence-electron chi connectivity index (χ0n) is 21.2. The summed E-state index contributed by atoms with van der Waals surface area (Å²) in [6.45, 7) is 4.84. The Labute approximate surface area is 221 Å². The highest BCUT2D eigenvalue weighted by molar-refractivity contribution is 5.94. The highest BCUT2D eigenvalue weighted by atomic mass is 35.5. The van der Waals surface area contributed by atoms with Crippen molar-refractivity contribution in [3.05, 3.63) is 71.8 Å². The van der Waals surface area contributed by atoms with Gasteiger partial charge in [-0.3, -0.25) is 4.79 Å². The maximum atomic E-state index is 14.4. The molecule has 5 nitrogen and oxygen atoms in total. The number of halogens is 1. The van der Waals surface area contributed by atoms with E-state index in [1.54, 1.807) is 0 Å². The molecule has 6 heteroatoms. The van der Waals surface area contributed by atoms with Gasteiger partial charge in [0.1, 0.15) is 0 Å². The van der Waals surface area contributed by atoms with Crippen LogP contribution in [0, 0.1) is 5.92 Å². The number of ketones is 1. The minimum atomic E-state index is -1.51. The molecule has 2 unspecified atom stereocenters. The largest absolute Gasteiger partial charge is 1.00 e. The summed E-state index contributed by atoms with van der Waals surface area (Å²) >= 11 is 0. The first-order chi connectivity index (χ1) is 17.1. The molecule has 3 fully saturated rings. The molecule has 36 heavy (non-hydrogen) atoms. The molecule has 2 aromatic carbocycles. The van der Waals surface area contributed by atoms with Gasteiger partial charge >= 0.3 is 6.16 Å². The van der Waals surface area contributed by atoms with E-state index in [2.05, 4.69) is 0 Å². The van der Waals surface area contributed by atoms with Gasteiger partial charge in [-0.05, 0) is 12.3 Å². The van der Waals surface area contributed by atoms with Gasteiger partial charge in [0, 0.05) is 56.1 Å². The first-order valence-electron chi connectivity index (χ1n) is 13.4. The second-order valence-electron chi connectivity index (χ2n) is 10.7. The van der Waals surface area contributed by atoms with Crippen molar-refractivity contribution < 1.29 is 36.0 Å². The number of ether oxygens (including phenoxy) is 2. The van der Waals surface area contributed by atoms with Crippen LogP contribution in [0.15, 0.2) is 60.7 Å². The zero-order chi connectivity index (χ0) is 24.3. The standard InChI is InChI=1S/C30H38NO4.ClH/c1-2-19-34-29(33)35-30(24-11-5-3-6-12-24,25-13-7-4-8-14-25)28(32)22-23-20-26-15-16-27(21-23)31(26)17-9-10-18-31;/h3-8,11-14,23,26-27H,2,9-10,15-22H2,1H3;1H/q+1;/p-1. The van der Waals surface area contributed by atoms with Crippen molar-refractivity contribution in [1.82, 2.24) is 0 Å². The predicted molar refractivity (Wildman–Crippen MR) is 135 cm³/mol. The lowest BCUT2D eigenvalue weighted by Crippen LogP contribution is -3.00. The molecule has 194 valence electrons. The monoisotopic (exact) mass is 511 g/mol. The van der Waals surface area contributed by atoms with Crippen LogP contribution in [0.3, 0.4) is 0 Å². The fourth-order valence-corrected chi connectivity index (χ4v) is 7.29. The summed E-state index contributed by atoms with van der Waals surface area (Å²) in [4.78, 5) is 27.2. The number of quaternary nitrogens is 1. The van der Waals surface area contributed by atoms with Gasteiger partial charge in [0.15, 0.2) is 5.78 Å². The van der Waals surface area contributed by atoms with E-state index in [1.165, 1.54) is 43.3 Å². The van der Waals surface area contributed by atoms with E-state index in [-0.39, 0.29) is 24.8 Å².